The number of hydrogen-bond donors (Lipinski definition) is 1. The molecule has 1 aromatic heterocycles. The van der Waals surface area contributed by atoms with Gasteiger partial charge in [-0.05, 0) is 65.2 Å². The first-order valence-corrected chi connectivity index (χ1v) is 10.8. The van der Waals surface area contributed by atoms with Gasteiger partial charge in [0.05, 0.1) is 4.90 Å². The van der Waals surface area contributed by atoms with Crippen LogP contribution in [0.4, 0.5) is 10.1 Å². The molecule has 0 bridgehead atoms. The summed E-state index contributed by atoms with van der Waals surface area (Å²) < 4.78 is 41.2. The normalized spacial score (nSPS) is 11.2. The van der Waals surface area contributed by atoms with E-state index in [1.54, 1.807) is 42.3 Å². The number of anilines is 1. The summed E-state index contributed by atoms with van der Waals surface area (Å²) >= 11 is 1.56. The second-order valence-electron chi connectivity index (χ2n) is 6.39. The zero-order valence-corrected chi connectivity index (χ0v) is 17.0. The van der Waals surface area contributed by atoms with Gasteiger partial charge in [0.25, 0.3) is 15.9 Å². The van der Waals surface area contributed by atoms with Gasteiger partial charge in [0.1, 0.15) is 5.82 Å². The number of nitrogens with one attached hydrogen (secondary N) is 1. The van der Waals surface area contributed by atoms with Crippen molar-refractivity contribution in [2.75, 3.05) is 11.8 Å². The van der Waals surface area contributed by atoms with Crippen LogP contribution in [0.2, 0.25) is 0 Å². The van der Waals surface area contributed by atoms with E-state index in [1.807, 2.05) is 16.8 Å². The van der Waals surface area contributed by atoms with Gasteiger partial charge in [-0.2, -0.15) is 11.3 Å². The Morgan fingerprint density at radius 1 is 1.18 bits per heavy atom. The number of halogens is 1. The molecule has 1 N–H and O–H groups in total. The average Bonchev–Trinajstić information content (AvgIpc) is 3.16. The smallest absolute Gasteiger partial charge is 0.261 e. The van der Waals surface area contributed by atoms with Crippen LogP contribution in [0.1, 0.15) is 21.5 Å². The van der Waals surface area contributed by atoms with Gasteiger partial charge in [0.2, 0.25) is 0 Å². The topological polar surface area (TPSA) is 66.5 Å². The molecular weight excluding hydrogens is 399 g/mol. The lowest BCUT2D eigenvalue weighted by atomic mass is 10.1. The molecule has 3 aromatic rings. The fourth-order valence-corrected chi connectivity index (χ4v) is 4.34. The van der Waals surface area contributed by atoms with E-state index in [2.05, 4.69) is 4.72 Å². The maximum absolute atomic E-state index is 13.7. The van der Waals surface area contributed by atoms with E-state index in [0.29, 0.717) is 17.7 Å². The fourth-order valence-electron chi connectivity index (χ4n) is 2.62. The third-order valence-electron chi connectivity index (χ3n) is 4.16. The highest BCUT2D eigenvalue weighted by atomic mass is 32.2. The monoisotopic (exact) mass is 418 g/mol. The first kappa shape index (κ1) is 20.0. The molecule has 28 heavy (non-hydrogen) atoms. The van der Waals surface area contributed by atoms with Crippen LogP contribution in [0.3, 0.4) is 0 Å². The van der Waals surface area contributed by atoms with Crippen molar-refractivity contribution in [3.05, 3.63) is 81.8 Å². The van der Waals surface area contributed by atoms with Crippen LogP contribution in [-0.2, 0) is 16.6 Å². The third kappa shape index (κ3) is 4.58. The second-order valence-corrected chi connectivity index (χ2v) is 8.85. The Morgan fingerprint density at radius 3 is 2.64 bits per heavy atom. The minimum absolute atomic E-state index is 0.179. The van der Waals surface area contributed by atoms with Crippen molar-refractivity contribution in [1.82, 2.24) is 4.90 Å². The highest BCUT2D eigenvalue weighted by Crippen LogP contribution is 2.20. The van der Waals surface area contributed by atoms with Crippen LogP contribution >= 0.6 is 11.3 Å². The number of sulfonamides is 1. The Balaban J connectivity index is 1.78. The van der Waals surface area contributed by atoms with Crippen LogP contribution in [0.5, 0.6) is 0 Å². The van der Waals surface area contributed by atoms with Crippen molar-refractivity contribution in [3.63, 3.8) is 0 Å². The van der Waals surface area contributed by atoms with Crippen LogP contribution in [0.25, 0.3) is 0 Å². The third-order valence-corrected chi connectivity index (χ3v) is 6.27. The van der Waals surface area contributed by atoms with Crippen molar-refractivity contribution in [3.8, 4) is 0 Å². The molecule has 0 fully saturated rings. The Bertz CT molecular complexity index is 1100. The van der Waals surface area contributed by atoms with Crippen molar-refractivity contribution in [1.29, 1.82) is 0 Å². The molecular formula is C20H19FN2O3S2. The molecule has 8 heteroatoms. The van der Waals surface area contributed by atoms with Crippen LogP contribution < -0.4 is 4.72 Å². The summed E-state index contributed by atoms with van der Waals surface area (Å²) in [5.74, 6) is -0.824. The van der Waals surface area contributed by atoms with Gasteiger partial charge < -0.3 is 4.90 Å². The van der Waals surface area contributed by atoms with Gasteiger partial charge in [-0.3, -0.25) is 9.52 Å². The average molecular weight is 419 g/mol. The van der Waals surface area contributed by atoms with Gasteiger partial charge in [-0.15, -0.1) is 0 Å². The zero-order chi connectivity index (χ0) is 20.3. The zero-order valence-electron chi connectivity index (χ0n) is 15.3. The summed E-state index contributed by atoms with van der Waals surface area (Å²) in [7, 11) is -2.28. The van der Waals surface area contributed by atoms with Crippen LogP contribution in [0, 0.1) is 12.7 Å². The summed E-state index contributed by atoms with van der Waals surface area (Å²) in [6, 6.07) is 11.9. The summed E-state index contributed by atoms with van der Waals surface area (Å²) in [4.78, 5) is 14.0. The molecule has 146 valence electrons. The van der Waals surface area contributed by atoms with Gasteiger partial charge in [-0.1, -0.05) is 12.1 Å². The maximum Gasteiger partial charge on any atom is 0.261 e. The predicted molar refractivity (Wildman–Crippen MR) is 109 cm³/mol. The summed E-state index contributed by atoms with van der Waals surface area (Å²) in [6.45, 7) is 2.02. The first-order valence-electron chi connectivity index (χ1n) is 8.42. The van der Waals surface area contributed by atoms with Gasteiger partial charge in [0.15, 0.2) is 0 Å². The molecule has 0 saturated heterocycles. The van der Waals surface area contributed by atoms with Crippen LogP contribution in [0.15, 0.2) is 64.2 Å². The Labute approximate surface area is 167 Å². The maximum atomic E-state index is 13.7. The largest absolute Gasteiger partial charge is 0.337 e. The molecule has 0 unspecified atom stereocenters. The Kier molecular flexibility index (Phi) is 5.81. The second kappa shape index (κ2) is 8.12. The number of carbonyl (C=O) groups is 1. The number of carbonyl (C=O) groups excluding carboxylic acids is 1. The lowest BCUT2D eigenvalue weighted by molar-refractivity contribution is 0.0785. The highest BCUT2D eigenvalue weighted by Gasteiger charge is 2.18. The SMILES string of the molecule is Cc1ccc(S(=O)(=O)Nc2cccc(C(=O)N(C)Cc3ccsc3)c2)cc1F. The van der Waals surface area contributed by atoms with E-state index >= 15 is 0 Å². The number of thiophene rings is 1. The molecule has 1 heterocycles. The number of aryl methyl sites for hydroxylation is 1. The van der Waals surface area contributed by atoms with Crippen LogP contribution in [-0.4, -0.2) is 26.3 Å². The highest BCUT2D eigenvalue weighted by molar-refractivity contribution is 7.92. The van der Waals surface area contributed by atoms with E-state index in [4.69, 9.17) is 0 Å². The molecule has 1 amide bonds. The summed E-state index contributed by atoms with van der Waals surface area (Å²) in [6.07, 6.45) is 0. The quantitative estimate of drug-likeness (QED) is 0.650. The van der Waals surface area contributed by atoms with Crippen molar-refractivity contribution in [2.24, 2.45) is 0 Å². The number of hydrogen-bond acceptors (Lipinski definition) is 4. The molecule has 0 aliphatic heterocycles. The molecule has 2 aromatic carbocycles. The van der Waals surface area contributed by atoms with E-state index < -0.39 is 15.8 Å². The standard InChI is InChI=1S/C20H19FN2O3S2/c1-14-6-7-18(11-19(14)21)28(25,26)22-17-5-3-4-16(10-17)20(24)23(2)12-15-8-9-27-13-15/h3-11,13,22H,12H2,1-2H3. The molecule has 5 nitrogen and oxygen atoms in total. The molecule has 0 saturated carbocycles. The lowest BCUT2D eigenvalue weighted by Gasteiger charge is -2.17. The van der Waals surface area contributed by atoms with Crippen molar-refractivity contribution >= 4 is 33.0 Å². The number of benzene rings is 2. The minimum atomic E-state index is -3.97. The molecule has 0 radical (unpaired) electrons. The number of amides is 1. The Morgan fingerprint density at radius 2 is 1.96 bits per heavy atom. The fraction of sp³-hybridized carbons (Fsp3) is 0.150. The van der Waals surface area contributed by atoms with E-state index in [1.165, 1.54) is 24.3 Å². The summed E-state index contributed by atoms with van der Waals surface area (Å²) in [5.41, 5.74) is 1.98. The van der Waals surface area contributed by atoms with Gasteiger partial charge >= 0.3 is 0 Å². The number of rotatable bonds is 6. The van der Waals surface area contributed by atoms with E-state index in [0.717, 1.165) is 11.6 Å². The summed E-state index contributed by atoms with van der Waals surface area (Å²) in [5, 5.41) is 3.91. The van der Waals surface area contributed by atoms with Gasteiger partial charge in [-0.25, -0.2) is 12.8 Å². The van der Waals surface area contributed by atoms with E-state index in [-0.39, 0.29) is 16.5 Å². The first-order chi connectivity index (χ1) is 13.3. The molecule has 0 aliphatic carbocycles. The van der Waals surface area contributed by atoms with E-state index in [9.17, 15) is 17.6 Å². The van der Waals surface area contributed by atoms with Crippen molar-refractivity contribution in [2.45, 2.75) is 18.4 Å². The lowest BCUT2D eigenvalue weighted by Crippen LogP contribution is -2.26. The Hall–Kier alpha value is -2.71. The predicted octanol–water partition coefficient (Wildman–Crippen LogP) is 4.27. The minimum Gasteiger partial charge on any atom is -0.337 e. The molecule has 0 atom stereocenters. The molecule has 3 rings (SSSR count). The molecule has 0 spiro atoms. The number of nitrogens with zero attached hydrogens (tertiary/aromatic N) is 1. The van der Waals surface area contributed by atoms with Gasteiger partial charge in [0, 0.05) is 24.8 Å². The van der Waals surface area contributed by atoms with Crippen molar-refractivity contribution < 1.29 is 17.6 Å². The molecule has 0 aliphatic rings.